The molecule has 0 aromatic carbocycles. The maximum atomic E-state index is 11.4. The summed E-state index contributed by atoms with van der Waals surface area (Å²) in [6.07, 6.45) is 3.68. The fourth-order valence-electron chi connectivity index (χ4n) is 1.47. The third-order valence-electron chi connectivity index (χ3n) is 2.28. The third-order valence-corrected chi connectivity index (χ3v) is 2.28. The van der Waals surface area contributed by atoms with Crippen molar-refractivity contribution < 1.29 is 4.52 Å². The first-order chi connectivity index (χ1) is 6.36. The lowest BCUT2D eigenvalue weighted by atomic mass is 10.2. The lowest BCUT2D eigenvalue weighted by Crippen LogP contribution is -2.07. The van der Waals surface area contributed by atoms with E-state index in [4.69, 9.17) is 4.52 Å². The van der Waals surface area contributed by atoms with E-state index in [1.165, 1.54) is 6.20 Å². The second-order valence-corrected chi connectivity index (χ2v) is 3.28. The largest absolute Gasteiger partial charge is 0.354 e. The predicted molar refractivity (Wildman–Crippen MR) is 44.4 cm³/mol. The van der Waals surface area contributed by atoms with E-state index in [1.807, 2.05) is 0 Å². The van der Waals surface area contributed by atoms with Crippen LogP contribution in [0, 0.1) is 0 Å². The molecule has 0 atom stereocenters. The summed E-state index contributed by atoms with van der Waals surface area (Å²) in [5, 5.41) is 10.5. The van der Waals surface area contributed by atoms with Crippen LogP contribution in [0.3, 0.4) is 0 Å². The molecule has 0 aliphatic heterocycles. The van der Waals surface area contributed by atoms with E-state index < -0.39 is 0 Å². The SMILES string of the molecule is O=c1[nH]ncc2onc(C3CC3)c12. The highest BCUT2D eigenvalue weighted by Crippen LogP contribution is 2.41. The van der Waals surface area contributed by atoms with E-state index >= 15 is 0 Å². The summed E-state index contributed by atoms with van der Waals surface area (Å²) in [6, 6.07) is 0. The van der Waals surface area contributed by atoms with E-state index in [9.17, 15) is 4.79 Å². The molecule has 1 aliphatic rings. The highest BCUT2D eigenvalue weighted by molar-refractivity contribution is 5.78. The van der Waals surface area contributed by atoms with Crippen LogP contribution in [0.1, 0.15) is 24.5 Å². The first-order valence-electron chi connectivity index (χ1n) is 4.19. The Labute approximate surface area is 72.7 Å². The van der Waals surface area contributed by atoms with E-state index in [2.05, 4.69) is 15.4 Å². The normalized spacial score (nSPS) is 16.6. The van der Waals surface area contributed by atoms with Crippen molar-refractivity contribution in [2.75, 3.05) is 0 Å². The number of aromatic nitrogens is 3. The number of H-pyrrole nitrogens is 1. The number of hydrogen-bond acceptors (Lipinski definition) is 4. The lowest BCUT2D eigenvalue weighted by Gasteiger charge is -1.87. The summed E-state index contributed by atoms with van der Waals surface area (Å²) in [7, 11) is 0. The van der Waals surface area contributed by atoms with Gasteiger partial charge in [-0.1, -0.05) is 5.16 Å². The second kappa shape index (κ2) is 2.18. The van der Waals surface area contributed by atoms with Crippen molar-refractivity contribution >= 4 is 11.0 Å². The molecule has 2 aromatic rings. The Morgan fingerprint density at radius 1 is 1.54 bits per heavy atom. The molecular weight excluding hydrogens is 170 g/mol. The number of hydrogen-bond donors (Lipinski definition) is 1. The summed E-state index contributed by atoms with van der Waals surface area (Å²) in [5.74, 6) is 0.421. The van der Waals surface area contributed by atoms with Crippen LogP contribution in [0.15, 0.2) is 15.5 Å². The summed E-state index contributed by atoms with van der Waals surface area (Å²) in [5.41, 5.74) is 1.06. The minimum atomic E-state index is -0.208. The fraction of sp³-hybridized carbons (Fsp3) is 0.375. The van der Waals surface area contributed by atoms with E-state index in [1.54, 1.807) is 0 Å². The molecule has 1 N–H and O–H groups in total. The lowest BCUT2D eigenvalue weighted by molar-refractivity contribution is 0.445. The maximum Gasteiger partial charge on any atom is 0.277 e. The number of fused-ring (bicyclic) bond motifs is 1. The van der Waals surface area contributed by atoms with Gasteiger partial charge in [0.05, 0.1) is 6.20 Å². The quantitative estimate of drug-likeness (QED) is 0.698. The molecule has 66 valence electrons. The van der Waals surface area contributed by atoms with Crippen LogP contribution in [0.25, 0.3) is 11.0 Å². The molecule has 5 heteroatoms. The molecule has 0 spiro atoms. The highest BCUT2D eigenvalue weighted by atomic mass is 16.5. The van der Waals surface area contributed by atoms with Gasteiger partial charge in [0, 0.05) is 5.92 Å². The fourth-order valence-corrected chi connectivity index (χ4v) is 1.47. The summed E-state index contributed by atoms with van der Waals surface area (Å²) in [6.45, 7) is 0. The smallest absolute Gasteiger partial charge is 0.277 e. The molecule has 0 amide bonds. The average Bonchev–Trinajstić information content (AvgIpc) is 2.87. The molecule has 1 fully saturated rings. The molecule has 1 aliphatic carbocycles. The van der Waals surface area contributed by atoms with Gasteiger partial charge in [0.15, 0.2) is 5.58 Å². The minimum absolute atomic E-state index is 0.208. The van der Waals surface area contributed by atoms with Gasteiger partial charge in [-0.3, -0.25) is 4.79 Å². The average molecular weight is 177 g/mol. The zero-order valence-electron chi connectivity index (χ0n) is 6.78. The Balaban J connectivity index is 2.41. The monoisotopic (exact) mass is 177 g/mol. The van der Waals surface area contributed by atoms with E-state index in [0.29, 0.717) is 16.9 Å². The molecule has 2 heterocycles. The zero-order valence-corrected chi connectivity index (χ0v) is 6.78. The zero-order chi connectivity index (χ0) is 8.84. The van der Waals surface area contributed by atoms with Crippen LogP contribution < -0.4 is 5.56 Å². The number of nitrogens with zero attached hydrogens (tertiary/aromatic N) is 2. The topological polar surface area (TPSA) is 71.8 Å². The summed E-state index contributed by atoms with van der Waals surface area (Å²) >= 11 is 0. The van der Waals surface area contributed by atoms with Crippen molar-refractivity contribution in [3.8, 4) is 0 Å². The van der Waals surface area contributed by atoms with Crippen LogP contribution in [0.5, 0.6) is 0 Å². The van der Waals surface area contributed by atoms with Gasteiger partial charge in [-0.2, -0.15) is 5.10 Å². The van der Waals surface area contributed by atoms with Gasteiger partial charge in [0.1, 0.15) is 11.1 Å². The molecule has 5 nitrogen and oxygen atoms in total. The van der Waals surface area contributed by atoms with Gasteiger partial charge < -0.3 is 4.52 Å². The molecule has 2 aromatic heterocycles. The second-order valence-electron chi connectivity index (χ2n) is 3.28. The van der Waals surface area contributed by atoms with Gasteiger partial charge in [0.2, 0.25) is 0 Å². The van der Waals surface area contributed by atoms with Gasteiger partial charge in [0.25, 0.3) is 5.56 Å². The maximum absolute atomic E-state index is 11.4. The van der Waals surface area contributed by atoms with Gasteiger partial charge >= 0.3 is 0 Å². The van der Waals surface area contributed by atoms with Crippen molar-refractivity contribution in [1.29, 1.82) is 0 Å². The number of nitrogens with one attached hydrogen (secondary N) is 1. The summed E-state index contributed by atoms with van der Waals surface area (Å²) < 4.78 is 5.00. The molecule has 0 bridgehead atoms. The summed E-state index contributed by atoms with van der Waals surface area (Å²) in [4.78, 5) is 11.4. The van der Waals surface area contributed by atoms with Crippen LogP contribution in [0.4, 0.5) is 0 Å². The van der Waals surface area contributed by atoms with Gasteiger partial charge in [-0.15, -0.1) is 0 Å². The Morgan fingerprint density at radius 2 is 2.38 bits per heavy atom. The molecule has 1 saturated carbocycles. The molecule has 0 radical (unpaired) electrons. The minimum Gasteiger partial charge on any atom is -0.354 e. The molecule has 0 unspecified atom stereocenters. The van der Waals surface area contributed by atoms with Crippen molar-refractivity contribution in [2.45, 2.75) is 18.8 Å². The Bertz CT molecular complexity index is 509. The van der Waals surface area contributed by atoms with Crippen molar-refractivity contribution in [2.24, 2.45) is 0 Å². The molecule has 0 saturated heterocycles. The Morgan fingerprint density at radius 3 is 3.15 bits per heavy atom. The first kappa shape index (κ1) is 6.82. The molecule has 3 rings (SSSR count). The predicted octanol–water partition coefficient (Wildman–Crippen LogP) is 0.788. The van der Waals surface area contributed by atoms with Crippen molar-refractivity contribution in [3.05, 3.63) is 22.2 Å². The molecule has 13 heavy (non-hydrogen) atoms. The van der Waals surface area contributed by atoms with Gasteiger partial charge in [-0.05, 0) is 12.8 Å². The Hall–Kier alpha value is -1.65. The van der Waals surface area contributed by atoms with Crippen LogP contribution in [-0.2, 0) is 0 Å². The van der Waals surface area contributed by atoms with E-state index in [-0.39, 0.29) is 5.56 Å². The Kier molecular flexibility index (Phi) is 1.15. The van der Waals surface area contributed by atoms with Gasteiger partial charge in [-0.25, -0.2) is 5.10 Å². The number of rotatable bonds is 1. The van der Waals surface area contributed by atoms with Crippen LogP contribution >= 0.6 is 0 Å². The highest BCUT2D eigenvalue weighted by Gasteiger charge is 2.30. The molecular formula is C8H7N3O2. The van der Waals surface area contributed by atoms with Crippen LogP contribution in [-0.4, -0.2) is 15.4 Å². The number of aromatic amines is 1. The van der Waals surface area contributed by atoms with E-state index in [0.717, 1.165) is 18.5 Å². The first-order valence-corrected chi connectivity index (χ1v) is 4.19. The van der Waals surface area contributed by atoms with Crippen molar-refractivity contribution in [3.63, 3.8) is 0 Å². The standard InChI is InChI=1S/C8H7N3O2/c12-8-6-5(3-9-10-8)13-11-7(6)4-1-2-4/h3-4H,1-2H2,(H,10,12). The third kappa shape index (κ3) is 0.898. The van der Waals surface area contributed by atoms with Crippen molar-refractivity contribution in [1.82, 2.24) is 15.4 Å². The van der Waals surface area contributed by atoms with Crippen LogP contribution in [0.2, 0.25) is 0 Å².